The summed E-state index contributed by atoms with van der Waals surface area (Å²) in [6.45, 7) is 4.37. The van der Waals surface area contributed by atoms with Crippen molar-refractivity contribution >= 4 is 45.8 Å². The van der Waals surface area contributed by atoms with E-state index in [9.17, 15) is 4.79 Å². The van der Waals surface area contributed by atoms with Gasteiger partial charge >= 0.3 is 0 Å². The second-order valence-electron chi connectivity index (χ2n) is 6.68. The van der Waals surface area contributed by atoms with E-state index in [0.717, 1.165) is 11.3 Å². The second kappa shape index (κ2) is 8.34. The Morgan fingerprint density at radius 3 is 2.37 bits per heavy atom. The largest absolute Gasteiger partial charge is 0.492 e. The first-order valence-corrected chi connectivity index (χ1v) is 10.1. The van der Waals surface area contributed by atoms with Crippen LogP contribution >= 0.6 is 23.2 Å². The molecule has 1 amide bonds. The predicted molar refractivity (Wildman–Crippen MR) is 119 cm³/mol. The molecule has 0 saturated carbocycles. The number of nitrogens with zero attached hydrogens (tertiary/aromatic N) is 3. The number of hydrogen-bond acceptors (Lipinski definition) is 4. The number of nitrogens with one attached hydrogen (secondary N) is 1. The van der Waals surface area contributed by atoms with Crippen molar-refractivity contribution in [2.75, 3.05) is 11.9 Å². The van der Waals surface area contributed by atoms with Crippen molar-refractivity contribution in [2.45, 2.75) is 13.8 Å². The third-order valence-corrected chi connectivity index (χ3v) is 5.08. The van der Waals surface area contributed by atoms with Crippen LogP contribution in [0.5, 0.6) is 5.75 Å². The molecule has 4 aromatic rings. The minimum atomic E-state index is -0.341. The lowest BCUT2D eigenvalue weighted by molar-refractivity contribution is 0.102. The number of carbonyl (C=O) groups excluding carboxylic acids is 1. The average molecular weight is 441 g/mol. The molecule has 0 bridgehead atoms. The molecular formula is C22H18Cl2N4O2. The van der Waals surface area contributed by atoms with Crippen LogP contribution in [0.15, 0.2) is 54.6 Å². The molecule has 3 aromatic carbocycles. The number of anilines is 1. The predicted octanol–water partition coefficient (Wildman–Crippen LogP) is 5.69. The summed E-state index contributed by atoms with van der Waals surface area (Å²) in [5.41, 5.74) is 4.06. The molecule has 0 aliphatic heterocycles. The van der Waals surface area contributed by atoms with Crippen molar-refractivity contribution in [3.05, 3.63) is 75.8 Å². The maximum atomic E-state index is 12.7. The fourth-order valence-electron chi connectivity index (χ4n) is 2.94. The molecule has 8 heteroatoms. The van der Waals surface area contributed by atoms with Crippen molar-refractivity contribution in [3.8, 4) is 11.4 Å². The Balaban J connectivity index is 1.61. The molecule has 0 aliphatic rings. The van der Waals surface area contributed by atoms with E-state index in [4.69, 9.17) is 27.9 Å². The van der Waals surface area contributed by atoms with Gasteiger partial charge in [0.25, 0.3) is 5.91 Å². The van der Waals surface area contributed by atoms with E-state index in [1.165, 1.54) is 4.80 Å². The third kappa shape index (κ3) is 4.10. The zero-order valence-corrected chi connectivity index (χ0v) is 17.8. The SMILES string of the molecule is CCOc1ccc(C(=O)Nc2cc3nn(-c4ccc(C)cc4)nc3cc2Cl)cc1Cl. The highest BCUT2D eigenvalue weighted by atomic mass is 35.5. The van der Waals surface area contributed by atoms with Gasteiger partial charge in [-0.15, -0.1) is 10.2 Å². The van der Waals surface area contributed by atoms with Gasteiger partial charge in [0.05, 0.1) is 28.0 Å². The minimum Gasteiger partial charge on any atom is -0.492 e. The summed E-state index contributed by atoms with van der Waals surface area (Å²) >= 11 is 12.6. The van der Waals surface area contributed by atoms with Crippen LogP contribution in [0.2, 0.25) is 10.0 Å². The summed E-state index contributed by atoms with van der Waals surface area (Å²) < 4.78 is 5.40. The number of amides is 1. The summed E-state index contributed by atoms with van der Waals surface area (Å²) in [5.74, 6) is 0.190. The first-order chi connectivity index (χ1) is 14.4. The van der Waals surface area contributed by atoms with Crippen LogP contribution in [0.3, 0.4) is 0 Å². The standard InChI is InChI=1S/C22H18Cl2N4O2/c1-3-30-21-9-6-14(10-17(21)24)22(29)25-18-12-20-19(11-16(18)23)26-28(27-20)15-7-4-13(2)5-8-15/h4-12H,3H2,1-2H3,(H,25,29). The number of rotatable bonds is 5. The van der Waals surface area contributed by atoms with E-state index in [1.807, 2.05) is 38.1 Å². The van der Waals surface area contributed by atoms with E-state index < -0.39 is 0 Å². The number of halogens is 2. The lowest BCUT2D eigenvalue weighted by Gasteiger charge is -2.09. The second-order valence-corrected chi connectivity index (χ2v) is 7.49. The summed E-state index contributed by atoms with van der Waals surface area (Å²) in [7, 11) is 0. The topological polar surface area (TPSA) is 69.0 Å². The molecule has 30 heavy (non-hydrogen) atoms. The van der Waals surface area contributed by atoms with Crippen LogP contribution in [-0.2, 0) is 0 Å². The number of aryl methyl sites for hydroxylation is 1. The lowest BCUT2D eigenvalue weighted by atomic mass is 10.2. The summed E-state index contributed by atoms with van der Waals surface area (Å²) in [5, 5.41) is 12.5. The molecule has 0 fully saturated rings. The molecule has 6 nitrogen and oxygen atoms in total. The smallest absolute Gasteiger partial charge is 0.255 e. The normalized spacial score (nSPS) is 10.9. The van der Waals surface area contributed by atoms with Gasteiger partial charge in [0.1, 0.15) is 16.8 Å². The van der Waals surface area contributed by atoms with Gasteiger partial charge in [-0.25, -0.2) is 0 Å². The highest BCUT2D eigenvalue weighted by Crippen LogP contribution is 2.29. The summed E-state index contributed by atoms with van der Waals surface area (Å²) in [6.07, 6.45) is 0. The zero-order chi connectivity index (χ0) is 21.3. The van der Waals surface area contributed by atoms with Gasteiger partial charge in [-0.2, -0.15) is 4.80 Å². The number of aromatic nitrogens is 3. The van der Waals surface area contributed by atoms with Crippen LogP contribution in [-0.4, -0.2) is 27.5 Å². The van der Waals surface area contributed by atoms with Crippen molar-refractivity contribution in [1.82, 2.24) is 15.0 Å². The number of hydrogen-bond donors (Lipinski definition) is 1. The summed E-state index contributed by atoms with van der Waals surface area (Å²) in [4.78, 5) is 14.2. The van der Waals surface area contributed by atoms with E-state index in [0.29, 0.717) is 44.7 Å². The monoisotopic (exact) mass is 440 g/mol. The highest BCUT2D eigenvalue weighted by Gasteiger charge is 2.14. The third-order valence-electron chi connectivity index (χ3n) is 4.48. The quantitative estimate of drug-likeness (QED) is 0.432. The lowest BCUT2D eigenvalue weighted by Crippen LogP contribution is -2.12. The molecule has 0 spiro atoms. The highest BCUT2D eigenvalue weighted by molar-refractivity contribution is 6.35. The Kier molecular flexibility index (Phi) is 5.61. The Morgan fingerprint density at radius 2 is 1.70 bits per heavy atom. The maximum absolute atomic E-state index is 12.7. The van der Waals surface area contributed by atoms with Gasteiger partial charge in [0, 0.05) is 5.56 Å². The molecule has 152 valence electrons. The van der Waals surface area contributed by atoms with Gasteiger partial charge in [0.15, 0.2) is 0 Å². The van der Waals surface area contributed by atoms with Crippen molar-refractivity contribution < 1.29 is 9.53 Å². The zero-order valence-electron chi connectivity index (χ0n) is 16.3. The number of benzene rings is 3. The molecule has 0 aliphatic carbocycles. The van der Waals surface area contributed by atoms with Crippen molar-refractivity contribution in [3.63, 3.8) is 0 Å². The molecule has 1 aromatic heterocycles. The van der Waals surface area contributed by atoms with Crippen molar-refractivity contribution in [1.29, 1.82) is 0 Å². The molecule has 0 unspecified atom stereocenters. The molecule has 4 rings (SSSR count). The Labute approximate surface area is 183 Å². The van der Waals surface area contributed by atoms with E-state index >= 15 is 0 Å². The first-order valence-electron chi connectivity index (χ1n) is 9.32. The fourth-order valence-corrected chi connectivity index (χ4v) is 3.38. The molecule has 0 saturated heterocycles. The van der Waals surface area contributed by atoms with Gasteiger partial charge in [-0.05, 0) is 56.3 Å². The van der Waals surface area contributed by atoms with Gasteiger partial charge in [0.2, 0.25) is 0 Å². The molecule has 0 radical (unpaired) electrons. The first kappa shape index (κ1) is 20.2. The Morgan fingerprint density at radius 1 is 1.00 bits per heavy atom. The van der Waals surface area contributed by atoms with Gasteiger partial charge in [-0.3, -0.25) is 4.79 Å². The van der Waals surface area contributed by atoms with E-state index in [-0.39, 0.29) is 5.91 Å². The number of ether oxygens (including phenoxy) is 1. The fraction of sp³-hybridized carbons (Fsp3) is 0.136. The molecular weight excluding hydrogens is 423 g/mol. The minimum absolute atomic E-state index is 0.341. The average Bonchev–Trinajstić information content (AvgIpc) is 3.13. The number of carbonyl (C=O) groups is 1. The maximum Gasteiger partial charge on any atom is 0.255 e. The van der Waals surface area contributed by atoms with Crippen LogP contribution in [0.25, 0.3) is 16.7 Å². The van der Waals surface area contributed by atoms with E-state index in [2.05, 4.69) is 15.5 Å². The molecule has 1 N–H and O–H groups in total. The van der Waals surface area contributed by atoms with Gasteiger partial charge < -0.3 is 10.1 Å². The Hall–Kier alpha value is -3.09. The molecule has 0 atom stereocenters. The number of fused-ring (bicyclic) bond motifs is 1. The summed E-state index contributed by atoms with van der Waals surface area (Å²) in [6, 6.07) is 16.1. The van der Waals surface area contributed by atoms with Crippen LogP contribution in [0.1, 0.15) is 22.8 Å². The van der Waals surface area contributed by atoms with Crippen molar-refractivity contribution in [2.24, 2.45) is 0 Å². The van der Waals surface area contributed by atoms with E-state index in [1.54, 1.807) is 30.3 Å². The van der Waals surface area contributed by atoms with Crippen LogP contribution < -0.4 is 10.1 Å². The van der Waals surface area contributed by atoms with Gasteiger partial charge in [-0.1, -0.05) is 40.9 Å². The van der Waals surface area contributed by atoms with Crippen LogP contribution in [0, 0.1) is 6.92 Å². The van der Waals surface area contributed by atoms with Crippen LogP contribution in [0.4, 0.5) is 5.69 Å². The molecule has 1 heterocycles. The Bertz CT molecular complexity index is 1240.